The Morgan fingerprint density at radius 1 is 1.05 bits per heavy atom. The summed E-state index contributed by atoms with van der Waals surface area (Å²) >= 11 is 3.29. The number of rotatable bonds is 5. The van der Waals surface area contributed by atoms with Crippen LogP contribution >= 0.6 is 15.9 Å². The summed E-state index contributed by atoms with van der Waals surface area (Å²) in [5, 5.41) is 0. The van der Waals surface area contributed by atoms with E-state index in [1.807, 2.05) is 6.07 Å². The number of ether oxygens (including phenoxy) is 2. The Balaban J connectivity index is 2.25. The Labute approximate surface area is 137 Å². The lowest BCUT2D eigenvalue weighted by Gasteiger charge is -2.17. The second-order valence-corrected chi connectivity index (χ2v) is 5.28. The molecule has 22 heavy (non-hydrogen) atoms. The summed E-state index contributed by atoms with van der Waals surface area (Å²) in [6, 6.07) is 15.7. The molecule has 0 saturated carbocycles. The van der Waals surface area contributed by atoms with Crippen LogP contribution in [-0.4, -0.2) is 18.5 Å². The topological polar surface area (TPSA) is 52.6 Å². The molecule has 0 aliphatic heterocycles. The van der Waals surface area contributed by atoms with E-state index in [2.05, 4.69) is 15.9 Å². The number of carbonyl (C=O) groups excluding carboxylic acids is 2. The number of hydrogen-bond donors (Lipinski definition) is 0. The van der Waals surface area contributed by atoms with Crippen LogP contribution in [0.5, 0.6) is 0 Å². The van der Waals surface area contributed by atoms with Crippen molar-refractivity contribution in [3.63, 3.8) is 0 Å². The first-order chi connectivity index (χ1) is 10.6. The first-order valence-electron chi connectivity index (χ1n) is 6.80. The van der Waals surface area contributed by atoms with Crippen molar-refractivity contribution >= 4 is 27.9 Å². The van der Waals surface area contributed by atoms with Gasteiger partial charge in [0.15, 0.2) is 0 Å². The Hall–Kier alpha value is -2.14. The van der Waals surface area contributed by atoms with Crippen molar-refractivity contribution in [2.75, 3.05) is 6.61 Å². The Morgan fingerprint density at radius 3 is 2.32 bits per heavy atom. The second kappa shape index (κ2) is 7.75. The summed E-state index contributed by atoms with van der Waals surface area (Å²) < 4.78 is 11.0. The molecule has 1 atom stereocenters. The highest BCUT2D eigenvalue weighted by Crippen LogP contribution is 2.23. The quantitative estimate of drug-likeness (QED) is 0.756. The number of carbonyl (C=O) groups is 2. The smallest absolute Gasteiger partial charge is 0.352 e. The molecule has 4 nitrogen and oxygen atoms in total. The fourth-order valence-corrected chi connectivity index (χ4v) is 2.34. The lowest BCUT2D eigenvalue weighted by Crippen LogP contribution is -2.22. The molecule has 2 aromatic carbocycles. The first kappa shape index (κ1) is 16.2. The van der Waals surface area contributed by atoms with Gasteiger partial charge in [-0.3, -0.25) is 0 Å². The van der Waals surface area contributed by atoms with E-state index in [-0.39, 0.29) is 6.61 Å². The monoisotopic (exact) mass is 362 g/mol. The maximum atomic E-state index is 12.3. The molecule has 0 amide bonds. The fraction of sp³-hybridized carbons (Fsp3) is 0.176. The Morgan fingerprint density at radius 2 is 1.68 bits per heavy atom. The van der Waals surface area contributed by atoms with Crippen molar-refractivity contribution in [1.29, 1.82) is 0 Å². The third kappa shape index (κ3) is 3.95. The lowest BCUT2D eigenvalue weighted by molar-refractivity contribution is -0.153. The van der Waals surface area contributed by atoms with Crippen LogP contribution < -0.4 is 0 Å². The summed E-state index contributed by atoms with van der Waals surface area (Å²) in [7, 11) is 0. The third-order valence-electron chi connectivity index (χ3n) is 2.92. The number of esters is 2. The predicted molar refractivity (Wildman–Crippen MR) is 85.4 cm³/mol. The van der Waals surface area contributed by atoms with Gasteiger partial charge in [-0.15, -0.1) is 0 Å². The standard InChI is InChI=1S/C17H15BrO4/c1-2-21-17(20)15(12-8-4-3-5-9-12)22-16(19)13-10-6-7-11-14(13)18/h3-11,15H,2H2,1H3. The summed E-state index contributed by atoms with van der Waals surface area (Å²) in [4.78, 5) is 24.4. The molecule has 0 fully saturated rings. The van der Waals surface area contributed by atoms with Crippen LogP contribution in [0, 0.1) is 0 Å². The van der Waals surface area contributed by atoms with E-state index in [1.54, 1.807) is 55.5 Å². The van der Waals surface area contributed by atoms with Gasteiger partial charge >= 0.3 is 11.9 Å². The van der Waals surface area contributed by atoms with Crippen molar-refractivity contribution in [1.82, 2.24) is 0 Å². The summed E-state index contributed by atoms with van der Waals surface area (Å²) in [5.74, 6) is -1.18. The molecule has 0 bridgehead atoms. The summed E-state index contributed by atoms with van der Waals surface area (Å²) in [5.41, 5.74) is 0.925. The molecule has 114 valence electrons. The summed E-state index contributed by atoms with van der Waals surface area (Å²) in [6.45, 7) is 1.92. The SMILES string of the molecule is CCOC(=O)C(OC(=O)c1ccccc1Br)c1ccccc1. The minimum absolute atomic E-state index is 0.217. The highest BCUT2D eigenvalue weighted by atomic mass is 79.9. The van der Waals surface area contributed by atoms with Gasteiger partial charge < -0.3 is 9.47 Å². The third-order valence-corrected chi connectivity index (χ3v) is 3.61. The molecule has 0 heterocycles. The number of halogens is 1. The highest BCUT2D eigenvalue weighted by Gasteiger charge is 2.27. The van der Waals surface area contributed by atoms with Gasteiger partial charge in [-0.05, 0) is 35.0 Å². The zero-order valence-corrected chi connectivity index (χ0v) is 13.6. The van der Waals surface area contributed by atoms with Crippen LogP contribution in [0.2, 0.25) is 0 Å². The molecular weight excluding hydrogens is 348 g/mol. The van der Waals surface area contributed by atoms with Gasteiger partial charge in [0.2, 0.25) is 6.10 Å². The molecule has 1 unspecified atom stereocenters. The minimum atomic E-state index is -1.08. The van der Waals surface area contributed by atoms with Crippen LogP contribution in [-0.2, 0) is 14.3 Å². The van der Waals surface area contributed by atoms with E-state index in [9.17, 15) is 9.59 Å². The van der Waals surface area contributed by atoms with E-state index in [0.717, 1.165) is 0 Å². The molecular formula is C17H15BrO4. The molecule has 2 rings (SSSR count). The van der Waals surface area contributed by atoms with Gasteiger partial charge in [-0.2, -0.15) is 0 Å². The molecule has 5 heteroatoms. The van der Waals surface area contributed by atoms with Crippen molar-refractivity contribution in [2.24, 2.45) is 0 Å². The second-order valence-electron chi connectivity index (χ2n) is 4.43. The van der Waals surface area contributed by atoms with E-state index < -0.39 is 18.0 Å². The van der Waals surface area contributed by atoms with Crippen LogP contribution in [0.3, 0.4) is 0 Å². The largest absolute Gasteiger partial charge is 0.463 e. The normalized spacial score (nSPS) is 11.5. The molecule has 0 aromatic heterocycles. The summed E-state index contributed by atoms with van der Waals surface area (Å²) in [6.07, 6.45) is -1.08. The van der Waals surface area contributed by atoms with Crippen LogP contribution in [0.1, 0.15) is 28.9 Å². The van der Waals surface area contributed by atoms with Gasteiger partial charge in [-0.25, -0.2) is 9.59 Å². The molecule has 0 spiro atoms. The molecule has 2 aromatic rings. The van der Waals surface area contributed by atoms with Crippen LogP contribution in [0.25, 0.3) is 0 Å². The zero-order valence-electron chi connectivity index (χ0n) is 12.0. The molecule has 0 aliphatic rings. The van der Waals surface area contributed by atoms with Crippen molar-refractivity contribution in [2.45, 2.75) is 13.0 Å². The van der Waals surface area contributed by atoms with Gasteiger partial charge in [0.05, 0.1) is 12.2 Å². The highest BCUT2D eigenvalue weighted by molar-refractivity contribution is 9.10. The van der Waals surface area contributed by atoms with E-state index >= 15 is 0 Å². The molecule has 0 N–H and O–H groups in total. The maximum Gasteiger partial charge on any atom is 0.352 e. The van der Waals surface area contributed by atoms with Crippen molar-refractivity contribution < 1.29 is 19.1 Å². The average Bonchev–Trinajstić information content (AvgIpc) is 2.54. The predicted octanol–water partition coefficient (Wildman–Crippen LogP) is 3.91. The van der Waals surface area contributed by atoms with Crippen molar-refractivity contribution in [3.8, 4) is 0 Å². The van der Waals surface area contributed by atoms with Gasteiger partial charge in [0.1, 0.15) is 0 Å². The number of benzene rings is 2. The van der Waals surface area contributed by atoms with Crippen LogP contribution in [0.15, 0.2) is 59.1 Å². The van der Waals surface area contributed by atoms with Crippen molar-refractivity contribution in [3.05, 3.63) is 70.2 Å². The minimum Gasteiger partial charge on any atom is -0.463 e. The first-order valence-corrected chi connectivity index (χ1v) is 7.60. The van der Waals surface area contributed by atoms with Gasteiger partial charge in [-0.1, -0.05) is 42.5 Å². The van der Waals surface area contributed by atoms with E-state index in [4.69, 9.17) is 9.47 Å². The van der Waals surface area contributed by atoms with E-state index in [1.165, 1.54) is 0 Å². The number of hydrogen-bond acceptors (Lipinski definition) is 4. The lowest BCUT2D eigenvalue weighted by atomic mass is 10.1. The van der Waals surface area contributed by atoms with Gasteiger partial charge in [0.25, 0.3) is 0 Å². The molecule has 0 radical (unpaired) electrons. The fourth-order valence-electron chi connectivity index (χ4n) is 1.90. The van der Waals surface area contributed by atoms with Gasteiger partial charge in [0, 0.05) is 10.0 Å². The van der Waals surface area contributed by atoms with Crippen LogP contribution in [0.4, 0.5) is 0 Å². The Kier molecular flexibility index (Phi) is 5.72. The molecule has 0 saturated heterocycles. The average molecular weight is 363 g/mol. The maximum absolute atomic E-state index is 12.3. The van der Waals surface area contributed by atoms with E-state index in [0.29, 0.717) is 15.6 Å². The molecule has 0 aliphatic carbocycles. The Bertz CT molecular complexity index is 655. The zero-order chi connectivity index (χ0) is 15.9.